The number of rotatable bonds is 1. The van der Waals surface area contributed by atoms with Crippen LogP contribution in [0.25, 0.3) is 0 Å². The van der Waals surface area contributed by atoms with Crippen LogP contribution in [0.2, 0.25) is 0 Å². The first kappa shape index (κ1) is 13.7. The molecular weight excluding hydrogens is 246 g/mol. The molecule has 2 aliphatic rings. The predicted molar refractivity (Wildman–Crippen MR) is 76.5 cm³/mol. The van der Waals surface area contributed by atoms with E-state index in [2.05, 4.69) is 18.3 Å². The Morgan fingerprint density at radius 3 is 2.94 bits per heavy atom. The van der Waals surface area contributed by atoms with Gasteiger partial charge in [-0.15, -0.1) is 12.4 Å². The Balaban J connectivity index is 0.00000120. The minimum absolute atomic E-state index is 0. The quantitative estimate of drug-likeness (QED) is 0.817. The summed E-state index contributed by atoms with van der Waals surface area (Å²) in [5, 5.41) is 13.3. The molecule has 3 unspecified atom stereocenters. The maximum Gasteiger partial charge on any atom is 0.115 e. The predicted octanol–water partition coefficient (Wildman–Crippen LogP) is 3.45. The van der Waals surface area contributed by atoms with Crippen LogP contribution in [0, 0.1) is 5.92 Å². The third-order valence-corrected chi connectivity index (χ3v) is 4.65. The van der Waals surface area contributed by atoms with E-state index in [9.17, 15) is 5.11 Å². The zero-order valence-electron chi connectivity index (χ0n) is 10.9. The van der Waals surface area contributed by atoms with Crippen molar-refractivity contribution in [1.29, 1.82) is 0 Å². The van der Waals surface area contributed by atoms with Crippen LogP contribution in [0.4, 0.5) is 0 Å². The number of phenolic OH excluding ortho intramolecular Hbond substituents is 1. The second-order valence-electron chi connectivity index (χ2n) is 5.98. The molecule has 0 radical (unpaired) electrons. The number of halogens is 1. The highest BCUT2D eigenvalue weighted by Gasteiger charge is 2.40. The number of fused-ring (bicyclic) bond motifs is 2. The Morgan fingerprint density at radius 2 is 2.17 bits per heavy atom. The van der Waals surface area contributed by atoms with Gasteiger partial charge in [-0.1, -0.05) is 12.1 Å². The Kier molecular flexibility index (Phi) is 3.88. The third kappa shape index (κ3) is 2.50. The maximum absolute atomic E-state index is 9.61. The maximum atomic E-state index is 9.61. The number of hydrogen-bond acceptors (Lipinski definition) is 2. The topological polar surface area (TPSA) is 32.3 Å². The molecule has 100 valence electrons. The Bertz CT molecular complexity index is 423. The van der Waals surface area contributed by atoms with Crippen molar-refractivity contribution in [3.63, 3.8) is 0 Å². The van der Waals surface area contributed by atoms with E-state index < -0.39 is 0 Å². The normalized spacial score (nSPS) is 34.7. The molecule has 1 saturated heterocycles. The van der Waals surface area contributed by atoms with Crippen molar-refractivity contribution in [1.82, 2.24) is 5.32 Å². The van der Waals surface area contributed by atoms with Crippen LogP contribution in [-0.2, 0) is 0 Å². The van der Waals surface area contributed by atoms with Gasteiger partial charge in [0.2, 0.25) is 0 Å². The minimum atomic E-state index is 0. The third-order valence-electron chi connectivity index (χ3n) is 4.65. The molecule has 1 heterocycles. The van der Waals surface area contributed by atoms with Crippen molar-refractivity contribution in [2.24, 2.45) is 5.92 Å². The molecule has 2 fully saturated rings. The summed E-state index contributed by atoms with van der Waals surface area (Å²) in [6.07, 6.45) is 5.06. The Hall–Kier alpha value is -0.730. The standard InChI is InChI=1S/C15H21NO.ClH/c1-15-7-5-14(12(10-15)6-8-16-15)11-3-2-4-13(17)9-11;/h2-4,9,12,14,16-17H,5-8,10H2,1H3;1H. The average Bonchev–Trinajstić information content (AvgIpc) is 2.28. The summed E-state index contributed by atoms with van der Waals surface area (Å²) >= 11 is 0. The molecule has 3 atom stereocenters. The van der Waals surface area contributed by atoms with E-state index in [0.29, 0.717) is 17.2 Å². The van der Waals surface area contributed by atoms with Gasteiger partial charge in [0.1, 0.15) is 5.75 Å². The molecule has 3 heteroatoms. The van der Waals surface area contributed by atoms with Gasteiger partial charge in [-0.25, -0.2) is 0 Å². The van der Waals surface area contributed by atoms with Crippen LogP contribution in [0.5, 0.6) is 5.75 Å². The van der Waals surface area contributed by atoms with Gasteiger partial charge >= 0.3 is 0 Å². The largest absolute Gasteiger partial charge is 0.508 e. The summed E-state index contributed by atoms with van der Waals surface area (Å²) in [6.45, 7) is 3.51. The van der Waals surface area contributed by atoms with E-state index in [1.807, 2.05) is 12.1 Å². The number of aromatic hydroxyl groups is 1. The lowest BCUT2D eigenvalue weighted by Gasteiger charge is -2.48. The highest BCUT2D eigenvalue weighted by Crippen LogP contribution is 2.46. The van der Waals surface area contributed by atoms with Crippen molar-refractivity contribution in [3.8, 4) is 5.75 Å². The highest BCUT2D eigenvalue weighted by atomic mass is 35.5. The van der Waals surface area contributed by atoms with Gasteiger partial charge in [0, 0.05) is 5.54 Å². The van der Waals surface area contributed by atoms with Gasteiger partial charge in [-0.2, -0.15) is 0 Å². The highest BCUT2D eigenvalue weighted by molar-refractivity contribution is 5.85. The fourth-order valence-electron chi connectivity index (χ4n) is 3.75. The molecule has 1 aliphatic carbocycles. The second kappa shape index (κ2) is 5.10. The average molecular weight is 268 g/mol. The molecule has 0 spiro atoms. The molecule has 0 amide bonds. The summed E-state index contributed by atoms with van der Waals surface area (Å²) in [5.74, 6) is 1.85. The Labute approximate surface area is 115 Å². The minimum Gasteiger partial charge on any atom is -0.508 e. The van der Waals surface area contributed by atoms with Crippen molar-refractivity contribution < 1.29 is 5.11 Å². The van der Waals surface area contributed by atoms with Crippen LogP contribution in [0.3, 0.4) is 0 Å². The number of hydrogen-bond donors (Lipinski definition) is 2. The van der Waals surface area contributed by atoms with Gasteiger partial charge in [-0.3, -0.25) is 0 Å². The first-order valence-corrected chi connectivity index (χ1v) is 6.70. The lowest BCUT2D eigenvalue weighted by molar-refractivity contribution is 0.124. The zero-order valence-corrected chi connectivity index (χ0v) is 11.7. The summed E-state index contributed by atoms with van der Waals surface area (Å²) in [4.78, 5) is 0. The van der Waals surface area contributed by atoms with Crippen LogP contribution in [-0.4, -0.2) is 17.2 Å². The molecule has 0 aromatic heterocycles. The smallest absolute Gasteiger partial charge is 0.115 e. The van der Waals surface area contributed by atoms with E-state index in [-0.39, 0.29) is 12.4 Å². The molecule has 1 saturated carbocycles. The summed E-state index contributed by atoms with van der Waals surface area (Å²) in [6, 6.07) is 7.86. The van der Waals surface area contributed by atoms with Gasteiger partial charge in [-0.05, 0) is 68.7 Å². The zero-order chi connectivity index (χ0) is 11.9. The van der Waals surface area contributed by atoms with E-state index in [4.69, 9.17) is 0 Å². The first-order chi connectivity index (χ1) is 8.16. The van der Waals surface area contributed by atoms with Gasteiger partial charge in [0.15, 0.2) is 0 Å². The molecular formula is C15H22ClNO. The van der Waals surface area contributed by atoms with Crippen LogP contribution in [0.15, 0.2) is 24.3 Å². The molecule has 2 N–H and O–H groups in total. The molecule has 2 bridgehead atoms. The summed E-state index contributed by atoms with van der Waals surface area (Å²) in [7, 11) is 0. The van der Waals surface area contributed by atoms with Gasteiger partial charge in [0.25, 0.3) is 0 Å². The van der Waals surface area contributed by atoms with Crippen molar-refractivity contribution in [2.45, 2.75) is 44.1 Å². The monoisotopic (exact) mass is 267 g/mol. The number of piperidine rings is 1. The molecule has 2 nitrogen and oxygen atoms in total. The van der Waals surface area contributed by atoms with E-state index in [1.54, 1.807) is 6.07 Å². The number of benzene rings is 1. The van der Waals surface area contributed by atoms with Gasteiger partial charge < -0.3 is 10.4 Å². The van der Waals surface area contributed by atoms with Crippen LogP contribution < -0.4 is 5.32 Å². The molecule has 3 rings (SSSR count). The first-order valence-electron chi connectivity index (χ1n) is 6.70. The number of nitrogens with one attached hydrogen (secondary N) is 1. The lowest BCUT2D eigenvalue weighted by atomic mass is 9.65. The van der Waals surface area contributed by atoms with Crippen LogP contribution in [0.1, 0.15) is 44.1 Å². The molecule has 18 heavy (non-hydrogen) atoms. The summed E-state index contributed by atoms with van der Waals surface area (Å²) < 4.78 is 0. The fraction of sp³-hybridized carbons (Fsp3) is 0.600. The van der Waals surface area contributed by atoms with Crippen molar-refractivity contribution >= 4 is 12.4 Å². The van der Waals surface area contributed by atoms with Gasteiger partial charge in [0.05, 0.1) is 0 Å². The van der Waals surface area contributed by atoms with E-state index in [1.165, 1.54) is 31.2 Å². The van der Waals surface area contributed by atoms with Crippen molar-refractivity contribution in [2.75, 3.05) is 6.54 Å². The number of phenols is 1. The summed E-state index contributed by atoms with van der Waals surface area (Å²) in [5.41, 5.74) is 1.70. The van der Waals surface area contributed by atoms with Crippen LogP contribution >= 0.6 is 12.4 Å². The molecule has 1 aliphatic heterocycles. The van der Waals surface area contributed by atoms with E-state index in [0.717, 1.165) is 12.5 Å². The SMILES string of the molecule is CC12CCC(c3cccc(O)c3)C(CCN1)C2.Cl. The van der Waals surface area contributed by atoms with E-state index >= 15 is 0 Å². The Morgan fingerprint density at radius 1 is 1.33 bits per heavy atom. The lowest BCUT2D eigenvalue weighted by Crippen LogP contribution is -2.52. The molecule has 1 aromatic rings. The van der Waals surface area contributed by atoms with Crippen molar-refractivity contribution in [3.05, 3.63) is 29.8 Å². The molecule has 1 aromatic carbocycles. The second-order valence-corrected chi connectivity index (χ2v) is 5.98. The fourth-order valence-corrected chi connectivity index (χ4v) is 3.75.